The standard InChI is InChI=1S/C16H16N4O5/c21-16(18-13-3-1-4-15(11-13)20(24)25)5-2-10-17-12-6-8-14(9-7-12)19(22)23/h1,3-4,6-9,11,17H,2,5,10H2,(H,18,21). The summed E-state index contributed by atoms with van der Waals surface area (Å²) in [6, 6.07) is 11.7. The van der Waals surface area contributed by atoms with Crippen LogP contribution < -0.4 is 10.6 Å². The molecule has 0 fully saturated rings. The van der Waals surface area contributed by atoms with Crippen LogP contribution in [-0.2, 0) is 4.79 Å². The molecule has 2 aromatic carbocycles. The molecule has 0 saturated heterocycles. The van der Waals surface area contributed by atoms with Crippen LogP contribution in [0, 0.1) is 20.2 Å². The second-order valence-corrected chi connectivity index (χ2v) is 5.19. The number of carbonyl (C=O) groups is 1. The molecule has 130 valence electrons. The number of nitro benzene ring substituents is 2. The number of amides is 1. The molecular weight excluding hydrogens is 328 g/mol. The van der Waals surface area contributed by atoms with E-state index < -0.39 is 9.85 Å². The summed E-state index contributed by atoms with van der Waals surface area (Å²) in [5.74, 6) is -0.244. The van der Waals surface area contributed by atoms with Crippen LogP contribution in [0.25, 0.3) is 0 Å². The molecule has 0 atom stereocenters. The van der Waals surface area contributed by atoms with E-state index in [1.807, 2.05) is 0 Å². The number of nitrogens with zero attached hydrogens (tertiary/aromatic N) is 2. The molecule has 0 aromatic heterocycles. The van der Waals surface area contributed by atoms with Crippen LogP contribution >= 0.6 is 0 Å². The molecule has 2 N–H and O–H groups in total. The second-order valence-electron chi connectivity index (χ2n) is 5.19. The molecule has 0 bridgehead atoms. The molecule has 1 amide bonds. The monoisotopic (exact) mass is 344 g/mol. The topological polar surface area (TPSA) is 127 Å². The lowest BCUT2D eigenvalue weighted by atomic mass is 10.2. The van der Waals surface area contributed by atoms with Crippen molar-refractivity contribution >= 4 is 28.7 Å². The largest absolute Gasteiger partial charge is 0.385 e. The van der Waals surface area contributed by atoms with Crippen LogP contribution in [-0.4, -0.2) is 22.3 Å². The maximum absolute atomic E-state index is 11.8. The van der Waals surface area contributed by atoms with Crippen molar-refractivity contribution in [1.82, 2.24) is 0 Å². The lowest BCUT2D eigenvalue weighted by Crippen LogP contribution is -2.13. The lowest BCUT2D eigenvalue weighted by Gasteiger charge is -2.07. The Morgan fingerprint density at radius 3 is 2.24 bits per heavy atom. The van der Waals surface area contributed by atoms with Crippen molar-refractivity contribution in [3.8, 4) is 0 Å². The van der Waals surface area contributed by atoms with Gasteiger partial charge in [0, 0.05) is 48.6 Å². The molecule has 0 spiro atoms. The van der Waals surface area contributed by atoms with Gasteiger partial charge >= 0.3 is 0 Å². The fourth-order valence-electron chi connectivity index (χ4n) is 2.10. The van der Waals surface area contributed by atoms with Gasteiger partial charge in [0.05, 0.1) is 9.85 Å². The molecule has 0 aliphatic carbocycles. The van der Waals surface area contributed by atoms with Crippen molar-refractivity contribution < 1.29 is 14.6 Å². The van der Waals surface area contributed by atoms with E-state index in [1.54, 1.807) is 18.2 Å². The van der Waals surface area contributed by atoms with E-state index in [0.717, 1.165) is 5.69 Å². The first-order valence-corrected chi connectivity index (χ1v) is 7.48. The van der Waals surface area contributed by atoms with Gasteiger partial charge in [-0.2, -0.15) is 0 Å². The SMILES string of the molecule is O=C(CCCNc1ccc([N+](=O)[O-])cc1)Nc1cccc([N+](=O)[O-])c1. The van der Waals surface area contributed by atoms with Gasteiger partial charge in [-0.25, -0.2) is 0 Å². The van der Waals surface area contributed by atoms with E-state index in [4.69, 9.17) is 0 Å². The van der Waals surface area contributed by atoms with Gasteiger partial charge in [-0.3, -0.25) is 25.0 Å². The normalized spacial score (nSPS) is 10.1. The summed E-state index contributed by atoms with van der Waals surface area (Å²) in [4.78, 5) is 32.1. The van der Waals surface area contributed by atoms with E-state index >= 15 is 0 Å². The quantitative estimate of drug-likeness (QED) is 0.429. The number of benzene rings is 2. The number of carbonyl (C=O) groups excluding carboxylic acids is 1. The first kappa shape index (κ1) is 17.9. The van der Waals surface area contributed by atoms with Crippen LogP contribution in [0.2, 0.25) is 0 Å². The summed E-state index contributed by atoms with van der Waals surface area (Å²) >= 11 is 0. The molecular formula is C16H16N4O5. The first-order chi connectivity index (χ1) is 12.0. The molecule has 2 aromatic rings. The molecule has 25 heavy (non-hydrogen) atoms. The van der Waals surface area contributed by atoms with Crippen molar-refractivity contribution in [2.75, 3.05) is 17.2 Å². The Kier molecular flexibility index (Phi) is 5.99. The molecule has 2 rings (SSSR count). The van der Waals surface area contributed by atoms with Gasteiger partial charge in [0.2, 0.25) is 5.91 Å². The highest BCUT2D eigenvalue weighted by Gasteiger charge is 2.08. The smallest absolute Gasteiger partial charge is 0.271 e. The first-order valence-electron chi connectivity index (χ1n) is 7.48. The van der Waals surface area contributed by atoms with E-state index in [9.17, 15) is 25.0 Å². The minimum atomic E-state index is -0.524. The highest BCUT2D eigenvalue weighted by molar-refractivity contribution is 5.91. The fraction of sp³-hybridized carbons (Fsp3) is 0.188. The summed E-state index contributed by atoms with van der Waals surface area (Å²) in [5.41, 5.74) is 1.03. The average Bonchev–Trinajstić information content (AvgIpc) is 2.59. The Labute approximate surface area is 143 Å². The Morgan fingerprint density at radius 1 is 0.920 bits per heavy atom. The molecule has 9 nitrogen and oxygen atoms in total. The number of rotatable bonds is 8. The van der Waals surface area contributed by atoms with Gasteiger partial charge in [0.25, 0.3) is 11.4 Å². The van der Waals surface area contributed by atoms with Crippen molar-refractivity contribution in [1.29, 1.82) is 0 Å². The van der Waals surface area contributed by atoms with Crippen LogP contribution in [0.3, 0.4) is 0 Å². The van der Waals surface area contributed by atoms with E-state index in [1.165, 1.54) is 30.3 Å². The van der Waals surface area contributed by atoms with Gasteiger partial charge in [0.15, 0.2) is 0 Å². The van der Waals surface area contributed by atoms with Crippen LogP contribution in [0.15, 0.2) is 48.5 Å². The number of anilines is 2. The molecule has 0 saturated carbocycles. The minimum Gasteiger partial charge on any atom is -0.385 e. The zero-order valence-electron chi connectivity index (χ0n) is 13.2. The molecule has 0 aliphatic rings. The van der Waals surface area contributed by atoms with Crippen molar-refractivity contribution in [2.24, 2.45) is 0 Å². The fourth-order valence-corrected chi connectivity index (χ4v) is 2.10. The summed E-state index contributed by atoms with van der Waals surface area (Å²) in [6.07, 6.45) is 0.778. The van der Waals surface area contributed by atoms with E-state index in [2.05, 4.69) is 10.6 Å². The Morgan fingerprint density at radius 2 is 1.60 bits per heavy atom. The maximum Gasteiger partial charge on any atom is 0.271 e. The summed E-state index contributed by atoms with van der Waals surface area (Å²) in [5, 5.41) is 26.9. The third-order valence-electron chi connectivity index (χ3n) is 3.33. The van der Waals surface area contributed by atoms with E-state index in [-0.39, 0.29) is 23.7 Å². The Balaban J connectivity index is 1.74. The summed E-state index contributed by atoms with van der Waals surface area (Å²) < 4.78 is 0. The van der Waals surface area contributed by atoms with Crippen LogP contribution in [0.5, 0.6) is 0 Å². The van der Waals surface area contributed by atoms with Crippen molar-refractivity contribution in [3.05, 3.63) is 68.8 Å². The predicted molar refractivity (Wildman–Crippen MR) is 92.5 cm³/mol. The maximum atomic E-state index is 11.8. The predicted octanol–water partition coefficient (Wildman–Crippen LogP) is 3.33. The van der Waals surface area contributed by atoms with Crippen molar-refractivity contribution in [3.63, 3.8) is 0 Å². The number of non-ortho nitro benzene ring substituents is 2. The molecule has 0 unspecified atom stereocenters. The molecule has 0 heterocycles. The number of nitro groups is 2. The lowest BCUT2D eigenvalue weighted by molar-refractivity contribution is -0.385. The Bertz CT molecular complexity index is 776. The second kappa shape index (κ2) is 8.39. The zero-order valence-corrected chi connectivity index (χ0v) is 13.2. The number of hydrogen-bond acceptors (Lipinski definition) is 6. The highest BCUT2D eigenvalue weighted by atomic mass is 16.6. The molecule has 9 heteroatoms. The zero-order chi connectivity index (χ0) is 18.2. The molecule has 0 aliphatic heterocycles. The third-order valence-corrected chi connectivity index (χ3v) is 3.33. The van der Waals surface area contributed by atoms with Gasteiger partial charge in [-0.15, -0.1) is 0 Å². The summed E-state index contributed by atoms with van der Waals surface area (Å²) in [7, 11) is 0. The van der Waals surface area contributed by atoms with Gasteiger partial charge in [-0.1, -0.05) is 6.07 Å². The van der Waals surface area contributed by atoms with Gasteiger partial charge < -0.3 is 10.6 Å². The van der Waals surface area contributed by atoms with Gasteiger partial charge in [0.1, 0.15) is 0 Å². The Hall–Kier alpha value is -3.49. The number of nitrogens with one attached hydrogen (secondary N) is 2. The summed E-state index contributed by atoms with van der Waals surface area (Å²) in [6.45, 7) is 0.514. The van der Waals surface area contributed by atoms with Crippen LogP contribution in [0.1, 0.15) is 12.8 Å². The highest BCUT2D eigenvalue weighted by Crippen LogP contribution is 2.18. The molecule has 0 radical (unpaired) electrons. The van der Waals surface area contributed by atoms with Crippen LogP contribution in [0.4, 0.5) is 22.7 Å². The minimum absolute atomic E-state index is 0.0156. The number of hydrogen-bond donors (Lipinski definition) is 2. The third kappa shape index (κ3) is 5.57. The van der Waals surface area contributed by atoms with Crippen molar-refractivity contribution in [2.45, 2.75) is 12.8 Å². The average molecular weight is 344 g/mol. The van der Waals surface area contributed by atoms with Gasteiger partial charge in [-0.05, 0) is 24.6 Å². The van der Waals surface area contributed by atoms with E-state index in [0.29, 0.717) is 18.7 Å².